The number of nitrogens with one attached hydrogen (secondary N) is 1. The summed E-state index contributed by atoms with van der Waals surface area (Å²) >= 11 is 0. The second-order valence-electron chi connectivity index (χ2n) is 7.94. The number of aliphatic hydroxyl groups is 1. The summed E-state index contributed by atoms with van der Waals surface area (Å²) in [6.07, 6.45) is -7.84. The van der Waals surface area contributed by atoms with Crippen LogP contribution >= 0.6 is 0 Å². The van der Waals surface area contributed by atoms with Crippen molar-refractivity contribution >= 4 is 9.84 Å². The van der Waals surface area contributed by atoms with Gasteiger partial charge in [-0.05, 0) is 30.0 Å². The number of sulfone groups is 1. The molecule has 2 N–H and O–H groups in total. The van der Waals surface area contributed by atoms with Gasteiger partial charge in [-0.15, -0.1) is 0 Å². The van der Waals surface area contributed by atoms with Gasteiger partial charge in [0.25, 0.3) is 0 Å². The van der Waals surface area contributed by atoms with Crippen LogP contribution in [0.5, 0.6) is 5.75 Å². The molecule has 2 aromatic rings. The molecule has 5 nitrogen and oxygen atoms in total. The SMILES string of the molecule is CC[C@]1(CC(O)CC(F)(F)F)CS(=O)(=O)c2c(OC)cccc2[C@H](c2ccccc2)N1. The summed E-state index contributed by atoms with van der Waals surface area (Å²) in [5, 5.41) is 13.5. The largest absolute Gasteiger partial charge is 0.495 e. The first-order chi connectivity index (χ1) is 14.5. The van der Waals surface area contributed by atoms with Crippen molar-refractivity contribution in [2.45, 2.75) is 54.9 Å². The van der Waals surface area contributed by atoms with Crippen LogP contribution in [0.1, 0.15) is 43.4 Å². The monoisotopic (exact) mass is 457 g/mol. The highest BCUT2D eigenvalue weighted by molar-refractivity contribution is 7.91. The van der Waals surface area contributed by atoms with Crippen LogP contribution in [-0.4, -0.2) is 44.2 Å². The predicted molar refractivity (Wildman–Crippen MR) is 111 cm³/mol. The highest BCUT2D eigenvalue weighted by Crippen LogP contribution is 2.42. The molecule has 2 aromatic carbocycles. The molecule has 0 amide bonds. The standard InChI is InChI=1S/C22H26F3NO4S/c1-3-21(12-16(27)13-22(23,24)25)14-31(28,29)20-17(10-7-11-18(20)30-2)19(26-21)15-8-5-4-6-9-15/h4-11,16,19,26-27H,3,12-14H2,1-2H3/t16?,19-,21-/m0/s1. The Morgan fingerprint density at radius 2 is 1.87 bits per heavy atom. The van der Waals surface area contributed by atoms with Crippen molar-refractivity contribution in [1.29, 1.82) is 0 Å². The molecule has 3 atom stereocenters. The van der Waals surface area contributed by atoms with Crippen molar-refractivity contribution in [3.63, 3.8) is 0 Å². The van der Waals surface area contributed by atoms with E-state index in [0.717, 1.165) is 5.56 Å². The first-order valence-corrected chi connectivity index (χ1v) is 11.6. The average Bonchev–Trinajstić information content (AvgIpc) is 2.79. The van der Waals surface area contributed by atoms with E-state index >= 15 is 0 Å². The van der Waals surface area contributed by atoms with Gasteiger partial charge >= 0.3 is 6.18 Å². The number of hydrogen-bond donors (Lipinski definition) is 2. The zero-order valence-electron chi connectivity index (χ0n) is 17.3. The number of aliphatic hydroxyl groups excluding tert-OH is 1. The van der Waals surface area contributed by atoms with Crippen LogP contribution < -0.4 is 10.1 Å². The summed E-state index contributed by atoms with van der Waals surface area (Å²) in [6.45, 7) is 1.71. The van der Waals surface area contributed by atoms with E-state index in [4.69, 9.17) is 4.74 Å². The van der Waals surface area contributed by atoms with Crippen molar-refractivity contribution in [2.24, 2.45) is 0 Å². The minimum absolute atomic E-state index is 0.0273. The van der Waals surface area contributed by atoms with Gasteiger partial charge in [0.2, 0.25) is 0 Å². The van der Waals surface area contributed by atoms with Gasteiger partial charge in [0.1, 0.15) is 10.6 Å². The third-order valence-electron chi connectivity index (χ3n) is 5.67. The molecular weight excluding hydrogens is 431 g/mol. The topological polar surface area (TPSA) is 75.6 Å². The number of methoxy groups -OCH3 is 1. The number of ether oxygens (including phenoxy) is 1. The minimum Gasteiger partial charge on any atom is -0.495 e. The van der Waals surface area contributed by atoms with Crippen molar-refractivity contribution < 1.29 is 31.4 Å². The zero-order valence-corrected chi connectivity index (χ0v) is 18.1. The van der Waals surface area contributed by atoms with Gasteiger partial charge in [-0.2, -0.15) is 13.2 Å². The van der Waals surface area contributed by atoms with E-state index in [9.17, 15) is 26.7 Å². The second kappa shape index (κ2) is 8.80. The number of benzene rings is 2. The molecule has 0 saturated heterocycles. The average molecular weight is 458 g/mol. The smallest absolute Gasteiger partial charge is 0.391 e. The highest BCUT2D eigenvalue weighted by Gasteiger charge is 2.45. The summed E-state index contributed by atoms with van der Waals surface area (Å²) in [4.78, 5) is 0.0273. The predicted octanol–water partition coefficient (Wildman–Crippen LogP) is 4.01. The summed E-state index contributed by atoms with van der Waals surface area (Å²) in [7, 11) is -2.57. The Balaban J connectivity index is 2.16. The number of hydrogen-bond acceptors (Lipinski definition) is 5. The van der Waals surface area contributed by atoms with Gasteiger partial charge in [0.15, 0.2) is 9.84 Å². The van der Waals surface area contributed by atoms with Crippen LogP contribution in [-0.2, 0) is 9.84 Å². The van der Waals surface area contributed by atoms with Crippen LogP contribution in [0, 0.1) is 0 Å². The van der Waals surface area contributed by atoms with Gasteiger partial charge in [-0.3, -0.25) is 5.32 Å². The third-order valence-corrected chi connectivity index (χ3v) is 7.66. The van der Waals surface area contributed by atoms with Gasteiger partial charge < -0.3 is 9.84 Å². The minimum atomic E-state index is -4.55. The van der Waals surface area contributed by atoms with Gasteiger partial charge in [-0.25, -0.2) is 8.42 Å². The maximum absolute atomic E-state index is 13.5. The molecule has 0 spiro atoms. The third kappa shape index (κ3) is 5.22. The van der Waals surface area contributed by atoms with Crippen LogP contribution in [0.3, 0.4) is 0 Å². The van der Waals surface area contributed by atoms with E-state index in [1.54, 1.807) is 25.1 Å². The van der Waals surface area contributed by atoms with E-state index in [1.165, 1.54) is 7.11 Å². The molecule has 0 aliphatic carbocycles. The molecule has 1 aliphatic rings. The Bertz CT molecular complexity index is 1010. The number of fused-ring (bicyclic) bond motifs is 1. The number of halogens is 3. The summed E-state index contributed by atoms with van der Waals surface area (Å²) in [5.41, 5.74) is -0.0444. The fourth-order valence-electron chi connectivity index (χ4n) is 4.28. The first-order valence-electron chi connectivity index (χ1n) is 9.97. The second-order valence-corrected chi connectivity index (χ2v) is 9.86. The lowest BCUT2D eigenvalue weighted by molar-refractivity contribution is -0.155. The summed E-state index contributed by atoms with van der Waals surface area (Å²) in [6, 6.07) is 13.4. The Morgan fingerprint density at radius 1 is 1.19 bits per heavy atom. The van der Waals surface area contributed by atoms with Gasteiger partial charge in [-0.1, -0.05) is 49.4 Å². The van der Waals surface area contributed by atoms with Crippen molar-refractivity contribution in [1.82, 2.24) is 5.32 Å². The summed E-state index contributed by atoms with van der Waals surface area (Å²) in [5.74, 6) is -0.273. The molecule has 1 unspecified atom stereocenters. The normalized spacial score (nSPS) is 24.1. The van der Waals surface area contributed by atoms with Gasteiger partial charge in [0, 0.05) is 5.54 Å². The molecule has 170 valence electrons. The van der Waals surface area contributed by atoms with Crippen LogP contribution in [0.4, 0.5) is 13.2 Å². The van der Waals surface area contributed by atoms with Crippen molar-refractivity contribution in [3.05, 3.63) is 59.7 Å². The number of alkyl halides is 3. The molecular formula is C22H26F3NO4S. The molecule has 1 heterocycles. The van der Waals surface area contributed by atoms with E-state index in [-0.39, 0.29) is 23.5 Å². The van der Waals surface area contributed by atoms with E-state index < -0.39 is 45.9 Å². The molecule has 3 rings (SSSR count). The Morgan fingerprint density at radius 3 is 2.45 bits per heavy atom. The van der Waals surface area contributed by atoms with Crippen LogP contribution in [0.25, 0.3) is 0 Å². The molecule has 31 heavy (non-hydrogen) atoms. The Kier molecular flexibility index (Phi) is 6.69. The fraction of sp³-hybridized carbons (Fsp3) is 0.455. The van der Waals surface area contributed by atoms with Crippen molar-refractivity contribution in [3.8, 4) is 5.75 Å². The maximum atomic E-state index is 13.5. The molecule has 0 radical (unpaired) electrons. The molecule has 0 aromatic heterocycles. The Labute approximate surface area is 180 Å². The first kappa shape index (κ1) is 23.6. The summed E-state index contributed by atoms with van der Waals surface area (Å²) < 4.78 is 70.9. The van der Waals surface area contributed by atoms with Gasteiger partial charge in [0.05, 0.1) is 31.4 Å². The van der Waals surface area contributed by atoms with Crippen LogP contribution in [0.2, 0.25) is 0 Å². The van der Waals surface area contributed by atoms with E-state index in [2.05, 4.69) is 5.32 Å². The lowest BCUT2D eigenvalue weighted by Crippen LogP contribution is -2.52. The Hall–Kier alpha value is -2.10. The van der Waals surface area contributed by atoms with Crippen LogP contribution in [0.15, 0.2) is 53.4 Å². The zero-order chi connectivity index (χ0) is 22.9. The quantitative estimate of drug-likeness (QED) is 0.686. The molecule has 9 heteroatoms. The fourth-order valence-corrected chi connectivity index (χ4v) is 6.56. The molecule has 0 bridgehead atoms. The molecule has 0 fully saturated rings. The van der Waals surface area contributed by atoms with E-state index in [0.29, 0.717) is 5.56 Å². The number of rotatable bonds is 6. The van der Waals surface area contributed by atoms with E-state index in [1.807, 2.05) is 30.3 Å². The maximum Gasteiger partial charge on any atom is 0.391 e. The lowest BCUT2D eigenvalue weighted by Gasteiger charge is -2.37. The van der Waals surface area contributed by atoms with Crippen molar-refractivity contribution in [2.75, 3.05) is 12.9 Å². The highest BCUT2D eigenvalue weighted by atomic mass is 32.2. The molecule has 0 saturated carbocycles. The molecule has 1 aliphatic heterocycles. The lowest BCUT2D eigenvalue weighted by atomic mass is 9.87.